The quantitative estimate of drug-likeness (QED) is 0.341. The number of hydrogen-bond donors (Lipinski definition) is 1. The molecule has 0 spiro atoms. The van der Waals surface area contributed by atoms with E-state index in [4.69, 9.17) is 0 Å². The summed E-state index contributed by atoms with van der Waals surface area (Å²) in [5.74, 6) is -1.09. The zero-order valence-corrected chi connectivity index (χ0v) is 22.9. The van der Waals surface area contributed by atoms with Gasteiger partial charge in [-0.2, -0.15) is 0 Å². The van der Waals surface area contributed by atoms with E-state index in [0.717, 1.165) is 70.2 Å². The lowest BCUT2D eigenvalue weighted by atomic mass is 9.82. The summed E-state index contributed by atoms with van der Waals surface area (Å²) in [5.41, 5.74) is 10.1. The summed E-state index contributed by atoms with van der Waals surface area (Å²) in [6.07, 6.45) is 2.71. The third kappa shape index (κ3) is 4.20. The molecule has 7 heteroatoms. The van der Waals surface area contributed by atoms with Gasteiger partial charge in [0.2, 0.25) is 0 Å². The molecule has 0 aliphatic carbocycles. The van der Waals surface area contributed by atoms with Gasteiger partial charge in [0.25, 0.3) is 5.91 Å². The number of nitrogens with zero attached hydrogens (tertiary/aromatic N) is 4. The zero-order chi connectivity index (χ0) is 27.4. The smallest absolute Gasteiger partial charge is 0.304 e. The molecular weight excluding hydrogens is 488 g/mol. The largest absolute Gasteiger partial charge is 0.481 e. The molecule has 3 heterocycles. The van der Waals surface area contributed by atoms with Crippen molar-refractivity contribution in [2.24, 2.45) is 0 Å². The Kier molecular flexibility index (Phi) is 6.25. The Morgan fingerprint density at radius 1 is 1.03 bits per heavy atom. The molecule has 2 aliphatic rings. The summed E-state index contributed by atoms with van der Waals surface area (Å²) in [5, 5.41) is 18.6. The van der Waals surface area contributed by atoms with Crippen molar-refractivity contribution in [1.82, 2.24) is 19.9 Å². The van der Waals surface area contributed by atoms with Gasteiger partial charge in [-0.15, -0.1) is 5.10 Å². The number of carboxylic acids is 1. The van der Waals surface area contributed by atoms with Crippen molar-refractivity contribution >= 4 is 22.9 Å². The summed E-state index contributed by atoms with van der Waals surface area (Å²) in [6.45, 7) is 8.86. The summed E-state index contributed by atoms with van der Waals surface area (Å²) >= 11 is 0. The second-order valence-electron chi connectivity index (χ2n) is 11.1. The first-order chi connectivity index (χ1) is 18.8. The van der Waals surface area contributed by atoms with Gasteiger partial charge in [-0.1, -0.05) is 35.5 Å². The molecule has 1 amide bonds. The van der Waals surface area contributed by atoms with Crippen LogP contribution in [-0.2, 0) is 17.8 Å². The molecule has 1 N–H and O–H groups in total. The lowest BCUT2D eigenvalue weighted by molar-refractivity contribution is -0.137. The number of carbonyl (C=O) groups is 2. The number of aromatic nitrogens is 3. The molecule has 3 aromatic carbocycles. The van der Waals surface area contributed by atoms with Crippen LogP contribution >= 0.6 is 0 Å². The monoisotopic (exact) mass is 522 g/mol. The number of carboxylic acid groups (broad SMARTS) is 1. The highest BCUT2D eigenvalue weighted by molar-refractivity contribution is 5.95. The molecule has 200 valence electrons. The van der Waals surface area contributed by atoms with Crippen LogP contribution in [-0.4, -0.2) is 42.9 Å². The molecule has 6 rings (SSSR count). The normalized spacial score (nSPS) is 18.8. The fraction of sp³-hybridized carbons (Fsp3) is 0.375. The average molecular weight is 523 g/mol. The molecule has 1 aromatic heterocycles. The minimum Gasteiger partial charge on any atom is -0.481 e. The predicted octanol–water partition coefficient (Wildman–Crippen LogP) is 5.89. The van der Waals surface area contributed by atoms with Crippen LogP contribution in [0.2, 0.25) is 0 Å². The highest BCUT2D eigenvalue weighted by atomic mass is 16.4. The first-order valence-corrected chi connectivity index (χ1v) is 13.8. The van der Waals surface area contributed by atoms with E-state index in [-0.39, 0.29) is 30.3 Å². The van der Waals surface area contributed by atoms with Gasteiger partial charge < -0.3 is 10.0 Å². The van der Waals surface area contributed by atoms with E-state index in [9.17, 15) is 14.7 Å². The van der Waals surface area contributed by atoms with Crippen LogP contribution in [0.3, 0.4) is 0 Å². The topological polar surface area (TPSA) is 88.3 Å². The second-order valence-corrected chi connectivity index (χ2v) is 11.1. The van der Waals surface area contributed by atoms with E-state index in [2.05, 4.69) is 40.3 Å². The van der Waals surface area contributed by atoms with Crippen molar-refractivity contribution in [3.05, 3.63) is 93.0 Å². The lowest BCUT2D eigenvalue weighted by Crippen LogP contribution is -2.42. The van der Waals surface area contributed by atoms with Gasteiger partial charge in [-0.25, -0.2) is 4.68 Å². The van der Waals surface area contributed by atoms with E-state index >= 15 is 0 Å². The van der Waals surface area contributed by atoms with E-state index in [0.29, 0.717) is 0 Å². The zero-order valence-electron chi connectivity index (χ0n) is 22.9. The Hall–Kier alpha value is -4.00. The van der Waals surface area contributed by atoms with Crippen LogP contribution in [0.1, 0.15) is 87.4 Å². The SMILES string of the molecule is CCn1nnc2c(C)c([C@@H](CC(=O)O)c3ccc4c(c3)[C@H]3CC[C@@H](C4)N3C(=O)c3ccc(C)c(C)c3)ccc21. The molecule has 0 radical (unpaired) electrons. The number of benzene rings is 3. The van der Waals surface area contributed by atoms with Crippen LogP contribution in [0.15, 0.2) is 48.5 Å². The Bertz CT molecular complexity index is 1620. The van der Waals surface area contributed by atoms with Gasteiger partial charge >= 0.3 is 5.97 Å². The van der Waals surface area contributed by atoms with Gasteiger partial charge in [0.05, 0.1) is 18.0 Å². The molecule has 4 aromatic rings. The van der Waals surface area contributed by atoms with Crippen LogP contribution in [0, 0.1) is 20.8 Å². The number of rotatable bonds is 6. The molecule has 0 unspecified atom stereocenters. The maximum absolute atomic E-state index is 13.7. The summed E-state index contributed by atoms with van der Waals surface area (Å²) in [4.78, 5) is 27.9. The molecule has 1 saturated heterocycles. The van der Waals surface area contributed by atoms with Crippen LogP contribution in [0.25, 0.3) is 11.0 Å². The maximum atomic E-state index is 13.7. The number of aliphatic carboxylic acids is 1. The van der Waals surface area contributed by atoms with Gasteiger partial charge in [0.1, 0.15) is 5.52 Å². The molecule has 3 atom stereocenters. The second kappa shape index (κ2) is 9.63. The molecule has 2 aliphatic heterocycles. The fourth-order valence-corrected chi connectivity index (χ4v) is 6.68. The maximum Gasteiger partial charge on any atom is 0.304 e. The first-order valence-electron chi connectivity index (χ1n) is 13.8. The molecular formula is C32H34N4O3. The minimum absolute atomic E-state index is 0.00585. The number of hydrogen-bond acceptors (Lipinski definition) is 4. The van der Waals surface area contributed by atoms with E-state index < -0.39 is 5.97 Å². The highest BCUT2D eigenvalue weighted by Gasteiger charge is 2.43. The Morgan fingerprint density at radius 2 is 1.85 bits per heavy atom. The van der Waals surface area contributed by atoms with E-state index in [1.807, 2.05) is 55.8 Å². The first kappa shape index (κ1) is 25.3. The molecule has 1 fully saturated rings. The van der Waals surface area contributed by atoms with Crippen LogP contribution in [0.4, 0.5) is 0 Å². The predicted molar refractivity (Wildman–Crippen MR) is 150 cm³/mol. The van der Waals surface area contributed by atoms with Gasteiger partial charge in [-0.3, -0.25) is 9.59 Å². The van der Waals surface area contributed by atoms with Crippen molar-refractivity contribution in [3.8, 4) is 0 Å². The Morgan fingerprint density at radius 3 is 2.59 bits per heavy atom. The molecule has 39 heavy (non-hydrogen) atoms. The van der Waals surface area contributed by atoms with Gasteiger partial charge in [0, 0.05) is 24.1 Å². The third-order valence-electron chi connectivity index (χ3n) is 8.91. The summed E-state index contributed by atoms with van der Waals surface area (Å²) < 4.78 is 1.86. The van der Waals surface area contributed by atoms with Crippen LogP contribution < -0.4 is 0 Å². The Balaban J connectivity index is 1.40. The third-order valence-corrected chi connectivity index (χ3v) is 8.91. The van der Waals surface area contributed by atoms with Crippen molar-refractivity contribution in [2.75, 3.05) is 0 Å². The molecule has 7 nitrogen and oxygen atoms in total. The van der Waals surface area contributed by atoms with Gasteiger partial charge in [0.15, 0.2) is 0 Å². The minimum atomic E-state index is -0.845. The van der Waals surface area contributed by atoms with Crippen molar-refractivity contribution in [1.29, 1.82) is 0 Å². The highest BCUT2D eigenvalue weighted by Crippen LogP contribution is 2.46. The average Bonchev–Trinajstić information content (AvgIpc) is 3.49. The Labute approximate surface area is 228 Å². The van der Waals surface area contributed by atoms with E-state index in [1.54, 1.807) is 0 Å². The summed E-state index contributed by atoms with van der Waals surface area (Å²) in [6, 6.07) is 16.6. The summed E-state index contributed by atoms with van der Waals surface area (Å²) in [7, 11) is 0. The molecule has 2 bridgehead atoms. The van der Waals surface area contributed by atoms with Crippen molar-refractivity contribution < 1.29 is 14.7 Å². The van der Waals surface area contributed by atoms with Crippen LogP contribution in [0.5, 0.6) is 0 Å². The number of carbonyl (C=O) groups excluding carboxylic acids is 1. The lowest BCUT2D eigenvalue weighted by Gasteiger charge is -2.37. The molecule has 0 saturated carbocycles. The number of fused-ring (bicyclic) bond motifs is 5. The number of amides is 1. The van der Waals surface area contributed by atoms with Crippen molar-refractivity contribution in [2.45, 2.75) is 77.9 Å². The van der Waals surface area contributed by atoms with Gasteiger partial charge in [-0.05, 0) is 104 Å². The fourth-order valence-electron chi connectivity index (χ4n) is 6.68. The number of aryl methyl sites for hydroxylation is 4. The van der Waals surface area contributed by atoms with Crippen molar-refractivity contribution in [3.63, 3.8) is 0 Å². The van der Waals surface area contributed by atoms with E-state index in [1.165, 1.54) is 11.1 Å². The standard InChI is InChI=1S/C32H34N4O3/c1-5-35-29-13-11-25(20(4)31(29)33-34-35)26(17-30(37)38)22-9-8-21-15-24-10-12-28(27(21)16-22)36(24)32(39)23-7-6-18(2)19(3)14-23/h6-9,11,13-14,16,24,26,28H,5,10,12,15,17H2,1-4H3,(H,37,38)/t24-,26-,28+/m0/s1.